The normalized spacial score (nSPS) is 11.3. The summed E-state index contributed by atoms with van der Waals surface area (Å²) in [5.74, 6) is 0. The highest BCUT2D eigenvalue weighted by Crippen LogP contribution is 2.16. The average molecular weight is 277 g/mol. The van der Waals surface area contributed by atoms with E-state index in [0.29, 0.717) is 6.54 Å². The molecule has 0 spiro atoms. The number of rotatable bonds is 6. The SMILES string of the molecule is CNCC(OO)c1ccc(COO)cc1.O=S=O. The summed E-state index contributed by atoms with van der Waals surface area (Å²) in [6.45, 7) is 0.670. The van der Waals surface area contributed by atoms with Crippen LogP contribution in [-0.4, -0.2) is 32.5 Å². The van der Waals surface area contributed by atoms with E-state index in [2.05, 4.69) is 15.1 Å². The van der Waals surface area contributed by atoms with Gasteiger partial charge in [-0.25, -0.2) is 9.78 Å². The van der Waals surface area contributed by atoms with E-state index >= 15 is 0 Å². The molecule has 18 heavy (non-hydrogen) atoms. The molecular formula is C10H15NO6S. The van der Waals surface area contributed by atoms with Gasteiger partial charge in [0.15, 0.2) is 0 Å². The molecule has 1 unspecified atom stereocenters. The first kappa shape index (κ1) is 16.8. The molecule has 102 valence electrons. The number of benzene rings is 1. The maximum Gasteiger partial charge on any atom is 0.335 e. The van der Waals surface area contributed by atoms with Crippen molar-refractivity contribution in [3.8, 4) is 0 Å². The first-order valence-electron chi connectivity index (χ1n) is 4.95. The standard InChI is InChI=1S/C10H15NO4.O2S/c1-11-6-10(15-13)9-4-2-8(3-5-9)7-14-12;1-3-2/h2-5,10-13H,6-7H2,1H3;. The fraction of sp³-hybridized carbons (Fsp3) is 0.400. The molecule has 0 saturated heterocycles. The monoisotopic (exact) mass is 277 g/mol. The predicted octanol–water partition coefficient (Wildman–Crippen LogP) is 0.756. The van der Waals surface area contributed by atoms with Gasteiger partial charge in [-0.1, -0.05) is 24.3 Å². The Balaban J connectivity index is 0.000000873. The lowest BCUT2D eigenvalue weighted by Crippen LogP contribution is -2.18. The fourth-order valence-electron chi connectivity index (χ4n) is 1.30. The molecule has 1 aromatic carbocycles. The Hall–Kier alpha value is -1.16. The van der Waals surface area contributed by atoms with Crippen LogP contribution in [0.4, 0.5) is 0 Å². The Kier molecular flexibility index (Phi) is 10.3. The minimum atomic E-state index is -0.750. The summed E-state index contributed by atoms with van der Waals surface area (Å²) in [6, 6.07) is 7.22. The van der Waals surface area contributed by atoms with Gasteiger partial charge in [-0.2, -0.15) is 8.42 Å². The minimum Gasteiger partial charge on any atom is -0.317 e. The minimum absolute atomic E-state index is 0.150. The number of hydrogen-bond acceptors (Lipinski definition) is 7. The van der Waals surface area contributed by atoms with Crippen molar-refractivity contribution in [1.29, 1.82) is 0 Å². The van der Waals surface area contributed by atoms with Crippen molar-refractivity contribution in [2.45, 2.75) is 12.7 Å². The molecule has 1 atom stereocenters. The van der Waals surface area contributed by atoms with E-state index in [1.165, 1.54) is 0 Å². The zero-order chi connectivity index (χ0) is 13.8. The Bertz CT molecular complexity index is 352. The lowest BCUT2D eigenvalue weighted by Gasteiger charge is -2.13. The molecule has 8 heteroatoms. The van der Waals surface area contributed by atoms with Gasteiger partial charge >= 0.3 is 11.6 Å². The topological polar surface area (TPSA) is 105 Å². The zero-order valence-corrected chi connectivity index (χ0v) is 10.6. The molecule has 3 N–H and O–H groups in total. The van der Waals surface area contributed by atoms with E-state index in [1.54, 1.807) is 19.2 Å². The summed E-state index contributed by atoms with van der Waals surface area (Å²) in [6.07, 6.45) is -0.390. The van der Waals surface area contributed by atoms with Crippen LogP contribution in [0.15, 0.2) is 24.3 Å². The van der Waals surface area contributed by atoms with Gasteiger partial charge in [0, 0.05) is 6.54 Å². The van der Waals surface area contributed by atoms with Crippen molar-refractivity contribution in [2.24, 2.45) is 0 Å². The van der Waals surface area contributed by atoms with Gasteiger partial charge in [-0.05, 0) is 18.2 Å². The summed E-state index contributed by atoms with van der Waals surface area (Å²) in [5.41, 5.74) is 1.70. The second-order valence-corrected chi connectivity index (χ2v) is 3.37. The quantitative estimate of drug-likeness (QED) is 0.520. The van der Waals surface area contributed by atoms with Crippen LogP contribution in [0.2, 0.25) is 0 Å². The maximum absolute atomic E-state index is 8.68. The Morgan fingerprint density at radius 2 is 1.83 bits per heavy atom. The highest BCUT2D eigenvalue weighted by Gasteiger charge is 2.10. The van der Waals surface area contributed by atoms with Crippen LogP contribution in [0.25, 0.3) is 0 Å². The zero-order valence-electron chi connectivity index (χ0n) is 9.74. The second-order valence-electron chi connectivity index (χ2n) is 3.23. The van der Waals surface area contributed by atoms with Gasteiger partial charge in [-0.3, -0.25) is 10.5 Å². The molecule has 0 bridgehead atoms. The highest BCUT2D eigenvalue weighted by molar-refractivity contribution is 7.51. The van der Waals surface area contributed by atoms with Crippen LogP contribution in [0.5, 0.6) is 0 Å². The third kappa shape index (κ3) is 6.55. The molecule has 0 aromatic heterocycles. The van der Waals surface area contributed by atoms with Gasteiger partial charge in [0.2, 0.25) is 0 Å². The van der Waals surface area contributed by atoms with Gasteiger partial charge in [-0.15, -0.1) is 0 Å². The van der Waals surface area contributed by atoms with Crippen molar-refractivity contribution >= 4 is 11.6 Å². The maximum atomic E-state index is 8.68. The summed E-state index contributed by atoms with van der Waals surface area (Å²) in [7, 11) is 1.78. The number of nitrogens with one attached hydrogen (secondary N) is 1. The molecule has 0 saturated carbocycles. The molecule has 0 radical (unpaired) electrons. The summed E-state index contributed by atoms with van der Waals surface area (Å²) in [5, 5.41) is 19.8. The fourth-order valence-corrected chi connectivity index (χ4v) is 1.30. The average Bonchev–Trinajstić information content (AvgIpc) is 2.38. The molecule has 0 aliphatic rings. The molecule has 0 aliphatic heterocycles. The van der Waals surface area contributed by atoms with Gasteiger partial charge < -0.3 is 5.32 Å². The van der Waals surface area contributed by atoms with Crippen molar-refractivity contribution in [1.82, 2.24) is 5.32 Å². The van der Waals surface area contributed by atoms with Crippen LogP contribution in [-0.2, 0) is 28.0 Å². The van der Waals surface area contributed by atoms with Crippen molar-refractivity contribution in [3.63, 3.8) is 0 Å². The van der Waals surface area contributed by atoms with E-state index in [0.717, 1.165) is 11.1 Å². The van der Waals surface area contributed by atoms with Gasteiger partial charge in [0.1, 0.15) is 12.7 Å². The Labute approximate surface area is 108 Å². The summed E-state index contributed by atoms with van der Waals surface area (Å²) < 4.78 is 16.6. The summed E-state index contributed by atoms with van der Waals surface area (Å²) in [4.78, 5) is 8.34. The van der Waals surface area contributed by atoms with Crippen molar-refractivity contribution < 1.29 is 28.7 Å². The molecule has 0 amide bonds. The lowest BCUT2D eigenvalue weighted by atomic mass is 10.1. The van der Waals surface area contributed by atoms with Crippen molar-refractivity contribution in [2.75, 3.05) is 13.6 Å². The van der Waals surface area contributed by atoms with E-state index in [1.807, 2.05) is 12.1 Å². The lowest BCUT2D eigenvalue weighted by molar-refractivity contribution is -0.280. The largest absolute Gasteiger partial charge is 0.335 e. The first-order valence-corrected chi connectivity index (χ1v) is 5.61. The highest BCUT2D eigenvalue weighted by atomic mass is 32.1. The van der Waals surface area contributed by atoms with Crippen LogP contribution in [0.3, 0.4) is 0 Å². The van der Waals surface area contributed by atoms with Crippen LogP contribution < -0.4 is 5.32 Å². The second kappa shape index (κ2) is 11.0. The van der Waals surface area contributed by atoms with E-state index < -0.39 is 11.6 Å². The molecule has 0 fully saturated rings. The van der Waals surface area contributed by atoms with E-state index in [9.17, 15) is 0 Å². The molecular weight excluding hydrogens is 262 g/mol. The third-order valence-corrected chi connectivity index (χ3v) is 2.10. The molecule has 1 rings (SSSR count). The van der Waals surface area contributed by atoms with Crippen LogP contribution in [0.1, 0.15) is 17.2 Å². The van der Waals surface area contributed by atoms with Gasteiger partial charge in [0.25, 0.3) is 0 Å². The number of likely N-dealkylation sites (N-methyl/N-ethyl adjacent to an activating group) is 1. The summed E-state index contributed by atoms with van der Waals surface area (Å²) >= 11 is -0.750. The van der Waals surface area contributed by atoms with Crippen LogP contribution >= 0.6 is 0 Å². The molecule has 7 nitrogen and oxygen atoms in total. The first-order chi connectivity index (χ1) is 8.73. The molecule has 1 aromatic rings. The van der Waals surface area contributed by atoms with Gasteiger partial charge in [0.05, 0.1) is 0 Å². The third-order valence-electron chi connectivity index (χ3n) is 2.10. The molecule has 0 heterocycles. The Morgan fingerprint density at radius 1 is 1.28 bits per heavy atom. The van der Waals surface area contributed by atoms with E-state index in [-0.39, 0.29) is 12.7 Å². The van der Waals surface area contributed by atoms with Crippen molar-refractivity contribution in [3.05, 3.63) is 35.4 Å². The number of hydrogen-bond donors (Lipinski definition) is 3. The van der Waals surface area contributed by atoms with Crippen LogP contribution in [0, 0.1) is 0 Å². The predicted molar refractivity (Wildman–Crippen MR) is 63.2 cm³/mol. The Morgan fingerprint density at radius 3 is 2.22 bits per heavy atom. The smallest absolute Gasteiger partial charge is 0.317 e. The van der Waals surface area contributed by atoms with E-state index in [4.69, 9.17) is 18.9 Å². The molecule has 0 aliphatic carbocycles.